The molecule has 0 aliphatic heterocycles. The maximum atomic E-state index is 5.09. The molecule has 0 spiro atoms. The first-order valence-corrected chi connectivity index (χ1v) is 8.36. The van der Waals surface area contributed by atoms with Crippen molar-refractivity contribution in [1.82, 2.24) is 4.57 Å². The van der Waals surface area contributed by atoms with Crippen LogP contribution in [0.2, 0.25) is 0 Å². The third kappa shape index (κ3) is 4.91. The summed E-state index contributed by atoms with van der Waals surface area (Å²) in [5.41, 5.74) is 2.36. The van der Waals surface area contributed by atoms with E-state index in [0.717, 1.165) is 17.7 Å². The van der Waals surface area contributed by atoms with Crippen LogP contribution in [0.1, 0.15) is 46.6 Å². The van der Waals surface area contributed by atoms with Crippen LogP contribution < -0.4 is 4.57 Å². The maximum Gasteiger partial charge on any atom is 0.249 e. The molecule has 126 valence electrons. The highest BCUT2D eigenvalue weighted by atomic mass is 17.2. The van der Waals surface area contributed by atoms with Gasteiger partial charge in [-0.1, -0.05) is 26.0 Å². The van der Waals surface area contributed by atoms with Crippen molar-refractivity contribution in [3.63, 3.8) is 0 Å². The predicted molar refractivity (Wildman–Crippen MR) is 91.2 cm³/mol. The standard InChI is InChI=1S/C19H29N2O2/c1-6-22-23-14-17-7-9-18(10-8-17)20-11-12-21(15-20)19(4,5)13-16(2)3/h7-12,15-16H,6,13-14H2,1-5H3/q+1. The fourth-order valence-corrected chi connectivity index (χ4v) is 2.93. The van der Waals surface area contributed by atoms with Crippen LogP contribution in [0.5, 0.6) is 0 Å². The zero-order valence-electron chi connectivity index (χ0n) is 15.0. The van der Waals surface area contributed by atoms with Gasteiger partial charge in [-0.15, -0.1) is 0 Å². The summed E-state index contributed by atoms with van der Waals surface area (Å²) in [4.78, 5) is 10.0. The molecule has 2 rings (SSSR count). The lowest BCUT2D eigenvalue weighted by Crippen LogP contribution is -2.51. The molecule has 0 radical (unpaired) electrons. The van der Waals surface area contributed by atoms with E-state index in [-0.39, 0.29) is 5.54 Å². The highest BCUT2D eigenvalue weighted by Crippen LogP contribution is 2.19. The lowest BCUT2D eigenvalue weighted by atomic mass is 9.93. The van der Waals surface area contributed by atoms with E-state index in [4.69, 9.17) is 9.78 Å². The number of hydrogen-bond acceptors (Lipinski definition) is 2. The van der Waals surface area contributed by atoms with Gasteiger partial charge < -0.3 is 0 Å². The lowest BCUT2D eigenvalue weighted by molar-refractivity contribution is -0.758. The summed E-state index contributed by atoms with van der Waals surface area (Å²) in [5, 5.41) is 0. The topological polar surface area (TPSA) is 27.3 Å². The van der Waals surface area contributed by atoms with E-state index >= 15 is 0 Å². The zero-order chi connectivity index (χ0) is 16.9. The van der Waals surface area contributed by atoms with E-state index in [9.17, 15) is 0 Å². The van der Waals surface area contributed by atoms with Crippen LogP contribution in [-0.2, 0) is 21.9 Å². The van der Waals surface area contributed by atoms with Crippen LogP contribution in [0.3, 0.4) is 0 Å². The first-order valence-electron chi connectivity index (χ1n) is 8.36. The number of nitrogens with zero attached hydrogens (tertiary/aromatic N) is 2. The predicted octanol–water partition coefficient (Wildman–Crippen LogP) is 4.01. The van der Waals surface area contributed by atoms with Crippen molar-refractivity contribution < 1.29 is 14.3 Å². The Labute approximate surface area is 139 Å². The molecular weight excluding hydrogens is 288 g/mol. The summed E-state index contributed by atoms with van der Waals surface area (Å²) in [6, 6.07) is 8.34. The summed E-state index contributed by atoms with van der Waals surface area (Å²) in [7, 11) is 0. The van der Waals surface area contributed by atoms with Crippen LogP contribution in [-0.4, -0.2) is 11.2 Å². The summed E-state index contributed by atoms with van der Waals surface area (Å²) in [5.74, 6) is 0.672. The Morgan fingerprint density at radius 2 is 1.83 bits per heavy atom. The molecule has 0 amide bonds. The molecule has 0 bridgehead atoms. The number of hydrogen-bond donors (Lipinski definition) is 0. The average molecular weight is 317 g/mol. The second-order valence-electron chi connectivity index (χ2n) is 6.97. The van der Waals surface area contributed by atoms with Gasteiger partial charge in [-0.3, -0.25) is 0 Å². The SMILES string of the molecule is CCOOCc1ccc(-n2cc[n+](C(C)(C)CC(C)C)c2)cc1. The fourth-order valence-electron chi connectivity index (χ4n) is 2.93. The fraction of sp³-hybridized carbons (Fsp3) is 0.526. The molecule has 4 heteroatoms. The highest BCUT2D eigenvalue weighted by molar-refractivity contribution is 5.33. The van der Waals surface area contributed by atoms with Crippen molar-refractivity contribution in [2.45, 2.75) is 53.2 Å². The van der Waals surface area contributed by atoms with Crippen LogP contribution in [0, 0.1) is 5.92 Å². The average Bonchev–Trinajstić information content (AvgIpc) is 2.98. The molecule has 2 aromatic rings. The summed E-state index contributed by atoms with van der Waals surface area (Å²) >= 11 is 0. The summed E-state index contributed by atoms with van der Waals surface area (Å²) < 4.78 is 4.44. The number of aromatic nitrogens is 2. The van der Waals surface area contributed by atoms with E-state index in [1.165, 1.54) is 0 Å². The van der Waals surface area contributed by atoms with Gasteiger partial charge in [0, 0.05) is 0 Å². The van der Waals surface area contributed by atoms with E-state index in [2.05, 4.69) is 79.8 Å². The highest BCUT2D eigenvalue weighted by Gasteiger charge is 2.27. The van der Waals surface area contributed by atoms with E-state index < -0.39 is 0 Å². The van der Waals surface area contributed by atoms with E-state index in [0.29, 0.717) is 19.1 Å². The molecule has 0 aliphatic rings. The molecule has 1 aromatic heterocycles. The molecule has 0 saturated heterocycles. The smallest absolute Gasteiger partial charge is 0.237 e. The molecule has 0 saturated carbocycles. The Kier molecular flexibility index (Phi) is 5.97. The van der Waals surface area contributed by atoms with Gasteiger partial charge in [-0.25, -0.2) is 18.9 Å². The molecule has 4 nitrogen and oxygen atoms in total. The van der Waals surface area contributed by atoms with Gasteiger partial charge >= 0.3 is 0 Å². The molecule has 0 unspecified atom stereocenters. The minimum Gasteiger partial charge on any atom is -0.237 e. The lowest BCUT2D eigenvalue weighted by Gasteiger charge is -2.23. The number of benzene rings is 1. The van der Waals surface area contributed by atoms with Crippen LogP contribution in [0.15, 0.2) is 43.0 Å². The first-order chi connectivity index (χ1) is 10.9. The van der Waals surface area contributed by atoms with Crippen molar-refractivity contribution in [2.75, 3.05) is 6.61 Å². The Hall–Kier alpha value is -1.65. The Morgan fingerprint density at radius 1 is 1.13 bits per heavy atom. The monoisotopic (exact) mass is 317 g/mol. The van der Waals surface area contributed by atoms with Crippen molar-refractivity contribution >= 4 is 0 Å². The zero-order valence-corrected chi connectivity index (χ0v) is 15.0. The van der Waals surface area contributed by atoms with Gasteiger partial charge in [0.15, 0.2) is 0 Å². The third-order valence-corrected chi connectivity index (χ3v) is 3.90. The second-order valence-corrected chi connectivity index (χ2v) is 6.97. The Bertz CT molecular complexity index is 600. The van der Waals surface area contributed by atoms with Crippen molar-refractivity contribution in [3.8, 4) is 5.69 Å². The van der Waals surface area contributed by atoms with Gasteiger partial charge in [0.1, 0.15) is 30.2 Å². The van der Waals surface area contributed by atoms with Crippen molar-refractivity contribution in [2.24, 2.45) is 5.92 Å². The molecule has 0 N–H and O–H groups in total. The van der Waals surface area contributed by atoms with Gasteiger partial charge in [0.05, 0.1) is 6.61 Å². The van der Waals surface area contributed by atoms with Gasteiger partial charge in [-0.05, 0) is 50.8 Å². The molecule has 23 heavy (non-hydrogen) atoms. The maximum absolute atomic E-state index is 5.09. The summed E-state index contributed by atoms with van der Waals surface area (Å²) in [6.07, 6.45) is 7.56. The normalized spacial score (nSPS) is 12.1. The summed E-state index contributed by atoms with van der Waals surface area (Å²) in [6.45, 7) is 12.0. The molecule has 0 fully saturated rings. The van der Waals surface area contributed by atoms with Gasteiger partial charge in [-0.2, -0.15) is 0 Å². The molecule has 0 aliphatic carbocycles. The minimum atomic E-state index is 0.116. The first kappa shape index (κ1) is 17.7. The van der Waals surface area contributed by atoms with Gasteiger partial charge in [0.25, 0.3) is 0 Å². The second kappa shape index (κ2) is 7.75. The van der Waals surface area contributed by atoms with E-state index in [1.54, 1.807) is 0 Å². The largest absolute Gasteiger partial charge is 0.249 e. The van der Waals surface area contributed by atoms with Crippen molar-refractivity contribution in [3.05, 3.63) is 48.5 Å². The Balaban J connectivity index is 2.08. The third-order valence-electron chi connectivity index (χ3n) is 3.90. The van der Waals surface area contributed by atoms with Crippen molar-refractivity contribution in [1.29, 1.82) is 0 Å². The Morgan fingerprint density at radius 3 is 2.43 bits per heavy atom. The van der Waals surface area contributed by atoms with Crippen LogP contribution in [0.25, 0.3) is 5.69 Å². The van der Waals surface area contributed by atoms with E-state index in [1.807, 2.05) is 6.92 Å². The molecular formula is C19H29N2O2+. The van der Waals surface area contributed by atoms with Gasteiger partial charge in [0.2, 0.25) is 6.33 Å². The number of rotatable bonds is 8. The number of imidazole rings is 1. The quantitative estimate of drug-likeness (QED) is 0.318. The van der Waals surface area contributed by atoms with Crippen LogP contribution in [0.4, 0.5) is 0 Å². The minimum absolute atomic E-state index is 0.116. The van der Waals surface area contributed by atoms with Crippen LogP contribution >= 0.6 is 0 Å². The molecule has 1 aromatic carbocycles. The molecule has 1 heterocycles. The molecule has 0 atom stereocenters.